The zero-order valence-corrected chi connectivity index (χ0v) is 13.2. The molecule has 23 heavy (non-hydrogen) atoms. The summed E-state index contributed by atoms with van der Waals surface area (Å²) in [5.41, 5.74) is 1.46. The summed E-state index contributed by atoms with van der Waals surface area (Å²) >= 11 is 0. The molecule has 1 aromatic heterocycles. The van der Waals surface area contributed by atoms with E-state index in [9.17, 15) is 9.59 Å². The monoisotopic (exact) mass is 313 g/mol. The average molecular weight is 313 g/mol. The lowest BCUT2D eigenvalue weighted by Gasteiger charge is -2.05. The van der Waals surface area contributed by atoms with Gasteiger partial charge in [0.05, 0.1) is 13.4 Å². The van der Waals surface area contributed by atoms with Crippen LogP contribution in [0.25, 0.3) is 6.08 Å². The molecule has 2 rings (SSSR count). The van der Waals surface area contributed by atoms with Gasteiger partial charge in [-0.05, 0) is 30.7 Å². The zero-order valence-electron chi connectivity index (χ0n) is 13.2. The van der Waals surface area contributed by atoms with Crippen LogP contribution in [0.15, 0.2) is 47.5 Å². The van der Waals surface area contributed by atoms with Crippen molar-refractivity contribution in [3.05, 3.63) is 64.3 Å². The first kappa shape index (κ1) is 16.5. The minimum Gasteiger partial charge on any atom is -0.497 e. The molecule has 120 valence electrons. The Hall–Kier alpha value is -2.89. The Bertz CT molecular complexity index is 748. The first-order valence-corrected chi connectivity index (χ1v) is 7.21. The van der Waals surface area contributed by atoms with Gasteiger partial charge >= 0.3 is 0 Å². The van der Waals surface area contributed by atoms with E-state index in [-0.39, 0.29) is 11.5 Å². The Balaban J connectivity index is 1.82. The largest absolute Gasteiger partial charge is 0.497 e. The number of aryl methyl sites for hydroxylation is 1. The van der Waals surface area contributed by atoms with Crippen LogP contribution in [0.3, 0.4) is 0 Å². The zero-order chi connectivity index (χ0) is 16.7. The number of nitrogens with zero attached hydrogens (tertiary/aromatic N) is 2. The standard InChI is InChI=1S/C17H19N3O3/c1-13-11-17(22)20(12-19-13)10-9-18-16(21)8-5-14-3-6-15(23-2)7-4-14/h3-8,11-12H,9-10H2,1-2H3,(H,18,21)/b8-5+. The van der Waals surface area contributed by atoms with Crippen LogP contribution in [0.4, 0.5) is 0 Å². The van der Waals surface area contributed by atoms with Gasteiger partial charge in [0.1, 0.15) is 5.75 Å². The lowest BCUT2D eigenvalue weighted by molar-refractivity contribution is -0.116. The number of benzene rings is 1. The first-order valence-electron chi connectivity index (χ1n) is 7.21. The van der Waals surface area contributed by atoms with Crippen LogP contribution in [0.2, 0.25) is 0 Å². The molecule has 6 heteroatoms. The number of rotatable bonds is 6. The molecule has 0 aliphatic carbocycles. The van der Waals surface area contributed by atoms with Crippen molar-refractivity contribution in [3.8, 4) is 5.75 Å². The highest BCUT2D eigenvalue weighted by molar-refractivity contribution is 5.91. The van der Waals surface area contributed by atoms with Crippen molar-refractivity contribution in [2.45, 2.75) is 13.5 Å². The summed E-state index contributed by atoms with van der Waals surface area (Å²) in [5, 5.41) is 2.73. The van der Waals surface area contributed by atoms with Crippen molar-refractivity contribution in [2.24, 2.45) is 0 Å². The summed E-state index contributed by atoms with van der Waals surface area (Å²) < 4.78 is 6.53. The number of carbonyl (C=O) groups is 1. The molecule has 0 atom stereocenters. The summed E-state index contributed by atoms with van der Waals surface area (Å²) in [7, 11) is 1.60. The first-order chi connectivity index (χ1) is 11.1. The molecule has 0 unspecified atom stereocenters. The van der Waals surface area contributed by atoms with E-state index in [2.05, 4.69) is 10.3 Å². The minimum atomic E-state index is -0.214. The Kier molecular flexibility index (Phi) is 5.68. The molecule has 0 radical (unpaired) electrons. The third kappa shape index (κ3) is 5.10. The molecule has 1 aromatic carbocycles. The van der Waals surface area contributed by atoms with Crippen LogP contribution >= 0.6 is 0 Å². The number of carbonyl (C=O) groups excluding carboxylic acids is 1. The van der Waals surface area contributed by atoms with E-state index in [1.165, 1.54) is 23.0 Å². The molecule has 2 aromatic rings. The Labute approximate surface area is 134 Å². The molecule has 0 aliphatic heterocycles. The van der Waals surface area contributed by atoms with Gasteiger partial charge in [0, 0.05) is 30.9 Å². The Morgan fingerprint density at radius 2 is 2.09 bits per heavy atom. The second-order valence-corrected chi connectivity index (χ2v) is 4.96. The Morgan fingerprint density at radius 3 is 2.74 bits per heavy atom. The maximum Gasteiger partial charge on any atom is 0.253 e. The molecule has 0 saturated carbocycles. The van der Waals surface area contributed by atoms with Gasteiger partial charge < -0.3 is 10.1 Å². The van der Waals surface area contributed by atoms with E-state index in [1.54, 1.807) is 20.1 Å². The van der Waals surface area contributed by atoms with Crippen LogP contribution in [-0.2, 0) is 11.3 Å². The lowest BCUT2D eigenvalue weighted by Crippen LogP contribution is -2.29. The molecule has 0 saturated heterocycles. The summed E-state index contributed by atoms with van der Waals surface area (Å²) in [6, 6.07) is 8.84. The van der Waals surface area contributed by atoms with Crippen molar-refractivity contribution in [1.82, 2.24) is 14.9 Å². The SMILES string of the molecule is COc1ccc(/C=C/C(=O)NCCn2cnc(C)cc2=O)cc1. The number of hydrogen-bond donors (Lipinski definition) is 1. The van der Waals surface area contributed by atoms with Gasteiger partial charge in [0.15, 0.2) is 0 Å². The maximum absolute atomic E-state index is 11.7. The summed E-state index contributed by atoms with van der Waals surface area (Å²) in [6.07, 6.45) is 4.66. The smallest absolute Gasteiger partial charge is 0.253 e. The molecule has 0 fully saturated rings. The highest BCUT2D eigenvalue weighted by atomic mass is 16.5. The van der Waals surface area contributed by atoms with Gasteiger partial charge in [0.2, 0.25) is 5.91 Å². The molecular weight excluding hydrogens is 294 g/mol. The number of amides is 1. The van der Waals surface area contributed by atoms with E-state index in [0.29, 0.717) is 18.8 Å². The number of nitrogens with one attached hydrogen (secondary N) is 1. The number of ether oxygens (including phenoxy) is 1. The van der Waals surface area contributed by atoms with Crippen molar-refractivity contribution >= 4 is 12.0 Å². The van der Waals surface area contributed by atoms with Gasteiger partial charge in [-0.1, -0.05) is 12.1 Å². The third-order valence-corrected chi connectivity index (χ3v) is 3.21. The maximum atomic E-state index is 11.7. The number of aromatic nitrogens is 2. The Morgan fingerprint density at radius 1 is 1.35 bits per heavy atom. The number of hydrogen-bond acceptors (Lipinski definition) is 4. The average Bonchev–Trinajstić information content (AvgIpc) is 2.55. The molecule has 1 heterocycles. The van der Waals surface area contributed by atoms with E-state index >= 15 is 0 Å². The molecule has 0 spiro atoms. The minimum absolute atomic E-state index is 0.125. The predicted octanol–water partition coefficient (Wildman–Crippen LogP) is 1.39. The molecule has 1 amide bonds. The molecule has 0 aliphatic rings. The van der Waals surface area contributed by atoms with Gasteiger partial charge in [-0.25, -0.2) is 4.98 Å². The van der Waals surface area contributed by atoms with Crippen LogP contribution in [-0.4, -0.2) is 29.1 Å². The topological polar surface area (TPSA) is 73.2 Å². The van der Waals surface area contributed by atoms with Gasteiger partial charge in [0.25, 0.3) is 5.56 Å². The highest BCUT2D eigenvalue weighted by Gasteiger charge is 1.99. The predicted molar refractivity (Wildman–Crippen MR) is 88.3 cm³/mol. The summed E-state index contributed by atoms with van der Waals surface area (Å²) in [4.78, 5) is 27.5. The second kappa shape index (κ2) is 7.93. The fourth-order valence-corrected chi connectivity index (χ4v) is 1.93. The fraction of sp³-hybridized carbons (Fsp3) is 0.235. The van der Waals surface area contributed by atoms with Crippen LogP contribution < -0.4 is 15.6 Å². The van der Waals surface area contributed by atoms with E-state index in [1.807, 2.05) is 24.3 Å². The van der Waals surface area contributed by atoms with Gasteiger partial charge in [-0.2, -0.15) is 0 Å². The van der Waals surface area contributed by atoms with Gasteiger partial charge in [-0.3, -0.25) is 14.2 Å². The lowest BCUT2D eigenvalue weighted by atomic mass is 10.2. The van der Waals surface area contributed by atoms with Gasteiger partial charge in [-0.15, -0.1) is 0 Å². The molecule has 0 bridgehead atoms. The van der Waals surface area contributed by atoms with Crippen LogP contribution in [0.5, 0.6) is 5.75 Å². The highest BCUT2D eigenvalue weighted by Crippen LogP contribution is 2.12. The van der Waals surface area contributed by atoms with E-state index in [4.69, 9.17) is 4.74 Å². The van der Waals surface area contributed by atoms with Crippen LogP contribution in [0.1, 0.15) is 11.3 Å². The molecular formula is C17H19N3O3. The van der Waals surface area contributed by atoms with Crippen LogP contribution in [0, 0.1) is 6.92 Å². The normalized spacial score (nSPS) is 10.7. The summed E-state index contributed by atoms with van der Waals surface area (Å²) in [5.74, 6) is 0.553. The third-order valence-electron chi connectivity index (χ3n) is 3.21. The second-order valence-electron chi connectivity index (χ2n) is 4.96. The summed E-state index contributed by atoms with van der Waals surface area (Å²) in [6.45, 7) is 2.50. The van der Waals surface area contributed by atoms with Crippen molar-refractivity contribution < 1.29 is 9.53 Å². The fourth-order valence-electron chi connectivity index (χ4n) is 1.93. The van der Waals surface area contributed by atoms with Crippen molar-refractivity contribution in [1.29, 1.82) is 0 Å². The van der Waals surface area contributed by atoms with E-state index in [0.717, 1.165) is 11.3 Å². The molecule has 1 N–H and O–H groups in total. The van der Waals surface area contributed by atoms with Crippen molar-refractivity contribution in [2.75, 3.05) is 13.7 Å². The van der Waals surface area contributed by atoms with Crippen molar-refractivity contribution in [3.63, 3.8) is 0 Å². The number of methoxy groups -OCH3 is 1. The quantitative estimate of drug-likeness (QED) is 0.818. The van der Waals surface area contributed by atoms with E-state index < -0.39 is 0 Å². The molecule has 6 nitrogen and oxygen atoms in total.